The SMILES string of the molecule is C.C1CCC([PH+](C2CCCCC2)C2CCCCC2)CC1.CC(Oc1ccccc1[CH]=[Ru]([Cl])[Cl])C(N)=O.CC=Cc1ccccc1OC(C)C(N)=O.Cc1cc(C)c(N2[CH-]N(c3c(C)cc(C)cc3C)CC2)c(C)c1.Cc1cc(C)c(N2[CH-]N(c3c(C)cc(C)cc3C)CC2)c(C)c1.[Cl][Ru]([Cl])=[CH]c1ccccc1. The fraction of sp³-hybridized carbons (Fsp3) is 0.444. The third kappa shape index (κ3) is 28.4. The molecule has 0 radical (unpaired) electrons. The molecule has 12 rings (SSSR count). The van der Waals surface area contributed by atoms with Crippen LogP contribution in [0.3, 0.4) is 0 Å². The normalized spacial score (nSPS) is 16.1. The molecule has 0 spiro atoms. The number of carbonyl (C=O) groups is 2. The molecule has 10 nitrogen and oxygen atoms in total. The zero-order valence-electron chi connectivity index (χ0n) is 65.7. The summed E-state index contributed by atoms with van der Waals surface area (Å²) in [5, 5.41) is 0. The van der Waals surface area contributed by atoms with Crippen molar-refractivity contribution in [2.24, 2.45) is 11.5 Å². The van der Waals surface area contributed by atoms with E-state index >= 15 is 0 Å². The van der Waals surface area contributed by atoms with Crippen molar-refractivity contribution in [1.29, 1.82) is 0 Å². The van der Waals surface area contributed by atoms with Crippen molar-refractivity contribution in [2.45, 2.75) is 237 Å². The fourth-order valence-electron chi connectivity index (χ4n) is 16.3. The maximum absolute atomic E-state index is 10.9. The topological polar surface area (TPSA) is 118 Å². The van der Waals surface area contributed by atoms with Gasteiger partial charge in [-0.05, 0) is 225 Å². The van der Waals surface area contributed by atoms with Gasteiger partial charge in [-0.1, -0.05) is 128 Å². The van der Waals surface area contributed by atoms with Crippen molar-refractivity contribution in [2.75, 3.05) is 45.8 Å². The predicted molar refractivity (Wildman–Crippen MR) is 463 cm³/mol. The molecule has 0 bridgehead atoms. The zero-order chi connectivity index (χ0) is 77.1. The Balaban J connectivity index is 0.000000204. The summed E-state index contributed by atoms with van der Waals surface area (Å²) in [6.07, 6.45) is 26.3. The Hall–Kier alpha value is -5.40. The molecule has 2 unspecified atom stereocenters. The molecule has 7 aromatic carbocycles. The zero-order valence-corrected chi connectivity index (χ0v) is 73.2. The van der Waals surface area contributed by atoms with Crippen LogP contribution < -0.4 is 40.5 Å². The van der Waals surface area contributed by atoms with Crippen LogP contribution in [0.4, 0.5) is 22.7 Å². The summed E-state index contributed by atoms with van der Waals surface area (Å²) >= 11 is -3.53. The molecule has 3 aliphatic carbocycles. The van der Waals surface area contributed by atoms with E-state index in [-0.39, 0.29) is 15.3 Å². The van der Waals surface area contributed by atoms with Crippen molar-refractivity contribution in [3.8, 4) is 11.5 Å². The third-order valence-electron chi connectivity index (χ3n) is 20.4. The van der Waals surface area contributed by atoms with E-state index in [1.165, 1.54) is 106 Å². The number of anilines is 4. The predicted octanol–water partition coefficient (Wildman–Crippen LogP) is 23.6. The molecule has 5 aliphatic rings. The van der Waals surface area contributed by atoms with E-state index in [0.29, 0.717) is 11.5 Å². The Bertz CT molecular complexity index is 3680. The molecule has 2 atom stereocenters. The van der Waals surface area contributed by atoms with Crippen LogP contribution in [0.2, 0.25) is 0 Å². The van der Waals surface area contributed by atoms with Crippen LogP contribution in [-0.4, -0.2) is 76.4 Å². The van der Waals surface area contributed by atoms with E-state index in [0.717, 1.165) is 42.9 Å². The quantitative estimate of drug-likeness (QED) is 0.0558. The van der Waals surface area contributed by atoms with E-state index in [1.54, 1.807) is 127 Å². The van der Waals surface area contributed by atoms with Crippen LogP contribution in [0.25, 0.3) is 6.08 Å². The Kier molecular flexibility index (Phi) is 38.7. The number of hydrogen-bond acceptors (Lipinski definition) is 8. The number of allylic oxidation sites excluding steroid dienone is 1. The Morgan fingerprint density at radius 3 is 0.981 bits per heavy atom. The molecule has 2 saturated heterocycles. The van der Waals surface area contributed by atoms with Crippen molar-refractivity contribution in [1.82, 2.24) is 0 Å². The number of benzene rings is 7. The van der Waals surface area contributed by atoms with Crippen LogP contribution >= 0.6 is 46.7 Å². The number of hydrogen-bond donors (Lipinski definition) is 2. The molecular weight excluding hydrogens is 1600 g/mol. The number of rotatable bonds is 16. The number of carbonyl (C=O) groups excluding carboxylic acids is 2. The first-order chi connectivity index (χ1) is 50.6. The molecule has 7 aromatic rings. The Morgan fingerprint density at radius 1 is 0.430 bits per heavy atom. The van der Waals surface area contributed by atoms with Gasteiger partial charge in [0.25, 0.3) is 5.91 Å². The first-order valence-electron chi connectivity index (χ1n) is 38.0. The third-order valence-corrected chi connectivity index (χ3v) is 28.7. The second-order valence-corrected chi connectivity index (χ2v) is 44.3. The van der Waals surface area contributed by atoms with Crippen LogP contribution in [0, 0.1) is 96.4 Å². The van der Waals surface area contributed by atoms with Gasteiger partial charge in [-0.2, -0.15) is 13.3 Å². The van der Waals surface area contributed by atoms with E-state index in [4.69, 9.17) is 59.7 Å². The second-order valence-electron chi connectivity index (χ2n) is 29.4. The summed E-state index contributed by atoms with van der Waals surface area (Å²) in [6, 6.07) is 42.9. The maximum atomic E-state index is 10.9. The molecule has 17 heteroatoms. The average Bonchev–Trinajstić information content (AvgIpc) is 1.67. The Morgan fingerprint density at radius 2 is 0.701 bits per heavy atom. The molecule has 3 saturated carbocycles. The number of nitrogens with two attached hydrogens (primary N) is 2. The number of amides is 2. The van der Waals surface area contributed by atoms with Crippen molar-refractivity contribution < 1.29 is 46.1 Å². The van der Waals surface area contributed by atoms with Gasteiger partial charge in [0.2, 0.25) is 0 Å². The van der Waals surface area contributed by atoms with Gasteiger partial charge in [0.1, 0.15) is 5.75 Å². The average molecular weight is 1730 g/mol. The molecule has 107 heavy (non-hydrogen) atoms. The van der Waals surface area contributed by atoms with Gasteiger partial charge in [-0.25, -0.2) is 0 Å². The van der Waals surface area contributed by atoms with E-state index in [9.17, 15) is 9.59 Å². The van der Waals surface area contributed by atoms with Crippen molar-refractivity contribution >= 4 is 96.5 Å². The molecule has 2 amide bonds. The monoisotopic (exact) mass is 1730 g/mol. The number of para-hydroxylation sites is 2. The number of nitrogens with zero attached hydrogens (tertiary/aromatic N) is 4. The summed E-state index contributed by atoms with van der Waals surface area (Å²) in [7, 11) is 22.9. The first-order valence-corrected chi connectivity index (χ1v) is 50.7. The van der Waals surface area contributed by atoms with Gasteiger partial charge >= 0.3 is 181 Å². The van der Waals surface area contributed by atoms with Crippen LogP contribution in [0.1, 0.15) is 208 Å². The summed E-state index contributed by atoms with van der Waals surface area (Å²) in [6.45, 7) is 40.3. The van der Waals surface area contributed by atoms with E-state index in [1.807, 2.05) is 90.4 Å². The summed E-state index contributed by atoms with van der Waals surface area (Å²) < 4.78 is 14.5. The number of primary amides is 2. The second kappa shape index (κ2) is 45.8. The van der Waals surface area contributed by atoms with Gasteiger partial charge in [0.05, 0.1) is 17.0 Å². The molecule has 588 valence electrons. The van der Waals surface area contributed by atoms with Gasteiger partial charge in [-0.15, -0.1) is 0 Å². The fourth-order valence-corrected chi connectivity index (χ4v) is 25.1. The molecule has 4 N–H and O–H groups in total. The van der Waals surface area contributed by atoms with Gasteiger partial charge in [-0.3, -0.25) is 4.79 Å². The first kappa shape index (κ1) is 90.5. The molecule has 0 aromatic heterocycles. The molecular formula is C90H124Cl4N6O4PRu2-. The molecule has 5 fully saturated rings. The van der Waals surface area contributed by atoms with Crippen LogP contribution in [-0.2, 0) is 36.6 Å². The number of aryl methyl sites for hydroxylation is 12. The van der Waals surface area contributed by atoms with Crippen LogP contribution in [0.15, 0.2) is 133 Å². The summed E-state index contributed by atoms with van der Waals surface area (Å²) in [4.78, 5) is 31.4. The summed E-state index contributed by atoms with van der Waals surface area (Å²) in [5.41, 5.74) is 38.4. The minimum atomic E-state index is -1.91. The van der Waals surface area contributed by atoms with E-state index in [2.05, 4.69) is 165 Å². The number of halogens is 4. The Labute approximate surface area is 672 Å². The standard InChI is InChI=1S/2C21H27N2.C18H33P.C12H15NO2.C10H11NO2.C7H6.CH4.4ClH.2Ru/c2*1-14-9-16(3)20(17(4)10-14)22-7-8-23(13-22)21-18(5)11-15(2)12-19(21)6;1-4-10-16(11-5-1)19(17-12-6-2-7-13-17)18-14-8-3-9-15-18;1-3-6-10-7-4-5-8-11(10)15-9(2)12(13)14;1-7-5-3-4-6-9(7)13-8(2)10(11)12;1-7-5-3-2-4-6-7;;;;;;;/h2*9-13H,7-8H2,1-6H3;16-18H,1-15H2;3-9H,1-2H3,(H2,13,14);1,3-6,8H,2H3,(H2,11,12);1-6H;1H4;4*1H;;/q2*-1;;;;;;;;;;2*+2/p-3. The van der Waals surface area contributed by atoms with Gasteiger partial charge in [0.15, 0.2) is 6.10 Å². The van der Waals surface area contributed by atoms with Gasteiger partial charge < -0.3 is 30.1 Å². The molecule has 2 aliphatic heterocycles. The van der Waals surface area contributed by atoms with E-state index < -0.39 is 51.1 Å². The van der Waals surface area contributed by atoms with Crippen molar-refractivity contribution in [3.05, 3.63) is 230 Å². The van der Waals surface area contributed by atoms with Gasteiger partial charge in [0, 0.05) is 62.4 Å². The number of ether oxygens (including phenoxy) is 2. The van der Waals surface area contributed by atoms with Crippen LogP contribution in [0.5, 0.6) is 11.5 Å². The molecule has 2 heterocycles. The van der Waals surface area contributed by atoms with Crippen molar-refractivity contribution in [3.63, 3.8) is 0 Å². The minimum absolute atomic E-state index is 0. The summed E-state index contributed by atoms with van der Waals surface area (Å²) in [5.74, 6) is 0.252.